The quantitative estimate of drug-likeness (QED) is 0.611. The van der Waals surface area contributed by atoms with Crippen molar-refractivity contribution in [2.45, 2.75) is 81.6 Å². The lowest BCUT2D eigenvalue weighted by molar-refractivity contribution is -0.297. The van der Waals surface area contributed by atoms with Crippen LogP contribution in [-0.4, -0.2) is 91.0 Å². The van der Waals surface area contributed by atoms with E-state index < -0.39 is 48.3 Å². The standard InChI is InChI=1S/C22H27F6N5O3/c23-21(24,25)17(22(26,27)28)15-3-4-20(5-7-30(8-6-20)19(35)36)33(15)18(34)14-11-32-10-9-31(13-1-2-13)12-16(32)29-14/h11,13,15,17H,1-10,12H2,(H,35,36). The minimum atomic E-state index is -5.60. The second kappa shape index (κ2) is 8.52. The van der Waals surface area contributed by atoms with Gasteiger partial charge in [0, 0.05) is 44.0 Å². The van der Waals surface area contributed by atoms with Crippen LogP contribution >= 0.6 is 0 Å². The van der Waals surface area contributed by atoms with Crippen LogP contribution in [0.1, 0.15) is 54.8 Å². The molecule has 1 aromatic rings. The maximum absolute atomic E-state index is 13.8. The zero-order valence-electron chi connectivity index (χ0n) is 19.4. The van der Waals surface area contributed by atoms with Gasteiger partial charge in [-0.05, 0) is 38.5 Å². The van der Waals surface area contributed by atoms with Crippen LogP contribution in [-0.2, 0) is 13.1 Å². The molecule has 200 valence electrons. The van der Waals surface area contributed by atoms with E-state index in [0.29, 0.717) is 25.0 Å². The van der Waals surface area contributed by atoms with Gasteiger partial charge in [-0.25, -0.2) is 9.78 Å². The number of piperidine rings is 1. The Morgan fingerprint density at radius 2 is 1.61 bits per heavy atom. The predicted octanol–water partition coefficient (Wildman–Crippen LogP) is 3.72. The summed E-state index contributed by atoms with van der Waals surface area (Å²) in [7, 11) is 0. The molecule has 2 saturated heterocycles. The summed E-state index contributed by atoms with van der Waals surface area (Å²) in [5.74, 6) is -4.10. The fourth-order valence-corrected chi connectivity index (χ4v) is 6.18. The Balaban J connectivity index is 1.49. The minimum absolute atomic E-state index is 0.0347. The van der Waals surface area contributed by atoms with E-state index in [2.05, 4.69) is 9.88 Å². The molecule has 14 heteroatoms. The first-order valence-electron chi connectivity index (χ1n) is 12.1. The van der Waals surface area contributed by atoms with Crippen LogP contribution in [0.4, 0.5) is 31.1 Å². The number of alkyl halides is 6. The molecule has 1 aromatic heterocycles. The fraction of sp³-hybridized carbons (Fsp3) is 0.773. The fourth-order valence-electron chi connectivity index (χ4n) is 6.18. The van der Waals surface area contributed by atoms with E-state index in [1.165, 1.54) is 6.20 Å². The average molecular weight is 523 g/mol. The molecule has 1 saturated carbocycles. The van der Waals surface area contributed by atoms with Crippen molar-refractivity contribution in [3.05, 3.63) is 17.7 Å². The molecule has 2 amide bonds. The summed E-state index contributed by atoms with van der Waals surface area (Å²) in [6, 6.07) is -1.70. The third-order valence-electron chi connectivity index (χ3n) is 8.14. The van der Waals surface area contributed by atoms with Gasteiger partial charge in [-0.15, -0.1) is 0 Å². The number of carboxylic acid groups (broad SMARTS) is 1. The van der Waals surface area contributed by atoms with Crippen LogP contribution in [0, 0.1) is 5.92 Å². The Morgan fingerprint density at radius 1 is 0.972 bits per heavy atom. The zero-order valence-corrected chi connectivity index (χ0v) is 19.4. The topological polar surface area (TPSA) is 81.9 Å². The van der Waals surface area contributed by atoms with Gasteiger partial charge in [0.15, 0.2) is 5.92 Å². The van der Waals surface area contributed by atoms with Gasteiger partial charge in [0.1, 0.15) is 11.5 Å². The second-order valence-corrected chi connectivity index (χ2v) is 10.3. The minimum Gasteiger partial charge on any atom is -0.465 e. The summed E-state index contributed by atoms with van der Waals surface area (Å²) in [6.45, 7) is 1.57. The Hall–Kier alpha value is -2.51. The summed E-state index contributed by atoms with van der Waals surface area (Å²) < 4.78 is 84.4. The van der Waals surface area contributed by atoms with Crippen molar-refractivity contribution in [2.24, 2.45) is 5.92 Å². The van der Waals surface area contributed by atoms with Gasteiger partial charge < -0.3 is 19.5 Å². The van der Waals surface area contributed by atoms with E-state index in [4.69, 9.17) is 0 Å². The number of imidazole rings is 1. The molecule has 0 bridgehead atoms. The highest BCUT2D eigenvalue weighted by Crippen LogP contribution is 2.52. The first-order valence-corrected chi connectivity index (χ1v) is 12.1. The van der Waals surface area contributed by atoms with Crippen LogP contribution in [0.2, 0.25) is 0 Å². The van der Waals surface area contributed by atoms with Crippen molar-refractivity contribution in [2.75, 3.05) is 19.6 Å². The number of fused-ring (bicyclic) bond motifs is 1. The van der Waals surface area contributed by atoms with E-state index in [-0.39, 0.29) is 38.0 Å². The van der Waals surface area contributed by atoms with E-state index in [1.807, 2.05) is 0 Å². The molecule has 1 N–H and O–H groups in total. The molecule has 1 unspecified atom stereocenters. The summed E-state index contributed by atoms with van der Waals surface area (Å²) in [6.07, 6.45) is -9.49. The van der Waals surface area contributed by atoms with E-state index >= 15 is 0 Å². The number of rotatable bonds is 3. The molecule has 1 atom stereocenters. The molecule has 4 heterocycles. The second-order valence-electron chi connectivity index (χ2n) is 10.3. The van der Waals surface area contributed by atoms with Crippen LogP contribution in [0.5, 0.6) is 0 Å². The molecule has 1 aliphatic carbocycles. The molecule has 3 aliphatic heterocycles. The number of carbonyl (C=O) groups is 2. The number of carbonyl (C=O) groups excluding carboxylic acids is 1. The molecular formula is C22H27F6N5O3. The van der Waals surface area contributed by atoms with Crippen LogP contribution in [0.25, 0.3) is 0 Å². The predicted molar refractivity (Wildman–Crippen MR) is 112 cm³/mol. The molecule has 36 heavy (non-hydrogen) atoms. The first kappa shape index (κ1) is 25.2. The lowest BCUT2D eigenvalue weighted by Gasteiger charge is -2.47. The number of halogens is 6. The first-order chi connectivity index (χ1) is 16.8. The van der Waals surface area contributed by atoms with Crippen molar-refractivity contribution in [1.29, 1.82) is 0 Å². The van der Waals surface area contributed by atoms with Gasteiger partial charge in [0.05, 0.1) is 12.6 Å². The number of nitrogens with zero attached hydrogens (tertiary/aromatic N) is 5. The summed E-state index contributed by atoms with van der Waals surface area (Å²) in [5, 5.41) is 9.27. The highest BCUT2D eigenvalue weighted by atomic mass is 19.4. The molecular weight excluding hydrogens is 496 g/mol. The summed E-state index contributed by atoms with van der Waals surface area (Å²) in [5.41, 5.74) is -1.47. The number of likely N-dealkylation sites (tertiary alicyclic amines) is 2. The number of aromatic nitrogens is 2. The Morgan fingerprint density at radius 3 is 2.17 bits per heavy atom. The summed E-state index contributed by atoms with van der Waals surface area (Å²) >= 11 is 0. The molecule has 4 aliphatic rings. The van der Waals surface area contributed by atoms with E-state index in [0.717, 1.165) is 29.2 Å². The van der Waals surface area contributed by atoms with Crippen molar-refractivity contribution in [1.82, 2.24) is 24.3 Å². The van der Waals surface area contributed by atoms with Crippen LogP contribution in [0.15, 0.2) is 6.20 Å². The lowest BCUT2D eigenvalue weighted by Crippen LogP contribution is -2.60. The molecule has 3 fully saturated rings. The monoisotopic (exact) mass is 523 g/mol. The van der Waals surface area contributed by atoms with Crippen molar-refractivity contribution in [3.63, 3.8) is 0 Å². The highest BCUT2D eigenvalue weighted by Gasteiger charge is 2.66. The van der Waals surface area contributed by atoms with Gasteiger partial charge in [0.2, 0.25) is 0 Å². The maximum Gasteiger partial charge on any atom is 0.407 e. The number of amides is 2. The average Bonchev–Trinajstić information content (AvgIpc) is 3.45. The van der Waals surface area contributed by atoms with Gasteiger partial charge in [-0.3, -0.25) is 9.69 Å². The third kappa shape index (κ3) is 4.41. The lowest BCUT2D eigenvalue weighted by atomic mass is 9.85. The Bertz CT molecular complexity index is 1010. The molecule has 1 spiro atoms. The molecule has 5 rings (SSSR count). The smallest absolute Gasteiger partial charge is 0.407 e. The molecule has 0 aromatic carbocycles. The maximum atomic E-state index is 13.8. The van der Waals surface area contributed by atoms with Crippen molar-refractivity contribution in [3.8, 4) is 0 Å². The third-order valence-corrected chi connectivity index (χ3v) is 8.14. The van der Waals surface area contributed by atoms with Gasteiger partial charge >= 0.3 is 18.4 Å². The van der Waals surface area contributed by atoms with Crippen LogP contribution in [0.3, 0.4) is 0 Å². The zero-order chi connectivity index (χ0) is 26.0. The van der Waals surface area contributed by atoms with Gasteiger partial charge in [-0.2, -0.15) is 26.3 Å². The molecule has 8 nitrogen and oxygen atoms in total. The van der Waals surface area contributed by atoms with Gasteiger partial charge in [-0.1, -0.05) is 0 Å². The highest BCUT2D eigenvalue weighted by molar-refractivity contribution is 5.93. The van der Waals surface area contributed by atoms with Gasteiger partial charge in [0.25, 0.3) is 5.91 Å². The normalized spacial score (nSPS) is 25.0. The van der Waals surface area contributed by atoms with E-state index in [9.17, 15) is 41.0 Å². The number of hydrogen-bond donors (Lipinski definition) is 1. The SMILES string of the molecule is O=C(O)N1CCC2(CCC(C(C(F)(F)F)C(F)(F)F)N2C(=O)c2cn3c(n2)CN(C2CC2)CC3)CC1. The van der Waals surface area contributed by atoms with Crippen molar-refractivity contribution >= 4 is 12.0 Å². The Kier molecular flexibility index (Phi) is 5.95. The van der Waals surface area contributed by atoms with E-state index in [1.54, 1.807) is 4.57 Å². The molecule has 0 radical (unpaired) electrons. The largest absolute Gasteiger partial charge is 0.465 e. The summed E-state index contributed by atoms with van der Waals surface area (Å²) in [4.78, 5) is 33.5. The Labute approximate surface area is 202 Å². The van der Waals surface area contributed by atoms with Crippen molar-refractivity contribution < 1.29 is 41.0 Å². The van der Waals surface area contributed by atoms with Crippen LogP contribution < -0.4 is 0 Å². The number of hydrogen-bond acceptors (Lipinski definition) is 4.